The number of halogens is 2. The van der Waals surface area contributed by atoms with Crippen molar-refractivity contribution >= 4 is 28.1 Å². The smallest absolute Gasteiger partial charge is 0.211 e. The van der Waals surface area contributed by atoms with Gasteiger partial charge in [-0.2, -0.15) is 5.10 Å². The molecule has 0 unspecified atom stereocenters. The minimum Gasteiger partial charge on any atom is -0.369 e. The van der Waals surface area contributed by atoms with E-state index in [4.69, 9.17) is 11.5 Å². The molecule has 0 bridgehead atoms. The number of hydrogen-bond donors (Lipinski definition) is 2. The minimum absolute atomic E-state index is 0.117. The van der Waals surface area contributed by atoms with Gasteiger partial charge in [0, 0.05) is 5.33 Å². The SMILES string of the molecule is NC(N)=NN=Cc1ccc(F)c(CBr)c1. The number of alkyl halides is 1. The van der Waals surface area contributed by atoms with Gasteiger partial charge in [0.1, 0.15) is 5.82 Å². The van der Waals surface area contributed by atoms with Gasteiger partial charge in [-0.1, -0.05) is 22.0 Å². The molecule has 0 aliphatic carbocycles. The molecule has 15 heavy (non-hydrogen) atoms. The summed E-state index contributed by atoms with van der Waals surface area (Å²) >= 11 is 3.18. The quantitative estimate of drug-likeness (QED) is 0.377. The highest BCUT2D eigenvalue weighted by Gasteiger charge is 2.00. The maximum Gasteiger partial charge on any atom is 0.211 e. The summed E-state index contributed by atoms with van der Waals surface area (Å²) in [5.74, 6) is -0.375. The van der Waals surface area contributed by atoms with E-state index in [1.54, 1.807) is 12.1 Å². The Hall–Kier alpha value is -1.43. The van der Waals surface area contributed by atoms with Crippen LogP contribution in [0.3, 0.4) is 0 Å². The van der Waals surface area contributed by atoms with Crippen molar-refractivity contribution in [2.24, 2.45) is 21.7 Å². The molecule has 0 aromatic heterocycles. The van der Waals surface area contributed by atoms with E-state index in [1.807, 2.05) is 0 Å². The molecule has 1 rings (SSSR count). The van der Waals surface area contributed by atoms with Crippen LogP contribution in [0.25, 0.3) is 0 Å². The summed E-state index contributed by atoms with van der Waals surface area (Å²) in [5, 5.41) is 7.50. The van der Waals surface area contributed by atoms with Gasteiger partial charge in [-0.25, -0.2) is 4.39 Å². The molecule has 6 heteroatoms. The highest BCUT2D eigenvalue weighted by atomic mass is 79.9. The molecule has 0 saturated carbocycles. The average Bonchev–Trinajstić information content (AvgIpc) is 2.20. The van der Waals surface area contributed by atoms with Crippen LogP contribution in [0, 0.1) is 5.82 Å². The van der Waals surface area contributed by atoms with Gasteiger partial charge in [0.2, 0.25) is 5.96 Å². The summed E-state index contributed by atoms with van der Waals surface area (Å²) < 4.78 is 13.1. The molecule has 0 saturated heterocycles. The second kappa shape index (κ2) is 5.45. The van der Waals surface area contributed by atoms with Crippen LogP contribution in [0.5, 0.6) is 0 Å². The number of nitrogens with two attached hydrogens (primary N) is 2. The Bertz CT molecular complexity index is 399. The zero-order valence-electron chi connectivity index (χ0n) is 7.82. The van der Waals surface area contributed by atoms with E-state index in [0.29, 0.717) is 10.9 Å². The highest BCUT2D eigenvalue weighted by Crippen LogP contribution is 2.12. The van der Waals surface area contributed by atoms with E-state index in [9.17, 15) is 4.39 Å². The number of guanidine groups is 1. The second-order valence-corrected chi connectivity index (χ2v) is 3.31. The average molecular weight is 273 g/mol. The molecule has 0 fully saturated rings. The molecule has 0 aliphatic heterocycles. The molecule has 1 aromatic rings. The molecule has 80 valence electrons. The van der Waals surface area contributed by atoms with Crippen LogP contribution in [0.1, 0.15) is 11.1 Å². The van der Waals surface area contributed by atoms with Crippen LogP contribution >= 0.6 is 15.9 Å². The van der Waals surface area contributed by atoms with Crippen LogP contribution < -0.4 is 11.5 Å². The number of nitrogens with zero attached hydrogens (tertiary/aromatic N) is 2. The summed E-state index contributed by atoms with van der Waals surface area (Å²) in [5.41, 5.74) is 11.5. The summed E-state index contributed by atoms with van der Waals surface area (Å²) in [6.45, 7) is 0. The summed E-state index contributed by atoms with van der Waals surface area (Å²) in [6.07, 6.45) is 1.45. The van der Waals surface area contributed by atoms with Gasteiger partial charge >= 0.3 is 0 Å². The molecule has 0 aliphatic rings. The largest absolute Gasteiger partial charge is 0.369 e. The molecular weight excluding hydrogens is 263 g/mol. The summed E-state index contributed by atoms with van der Waals surface area (Å²) in [7, 11) is 0. The first-order valence-electron chi connectivity index (χ1n) is 4.10. The van der Waals surface area contributed by atoms with E-state index >= 15 is 0 Å². The minimum atomic E-state index is -0.258. The van der Waals surface area contributed by atoms with Gasteiger partial charge in [-0.3, -0.25) is 0 Å². The number of rotatable bonds is 3. The van der Waals surface area contributed by atoms with Crippen molar-refractivity contribution < 1.29 is 4.39 Å². The van der Waals surface area contributed by atoms with E-state index < -0.39 is 0 Å². The van der Waals surface area contributed by atoms with E-state index in [1.165, 1.54) is 12.3 Å². The van der Waals surface area contributed by atoms with Gasteiger partial charge in [0.25, 0.3) is 0 Å². The first-order valence-corrected chi connectivity index (χ1v) is 5.22. The van der Waals surface area contributed by atoms with Gasteiger partial charge in [0.05, 0.1) is 6.21 Å². The third-order valence-electron chi connectivity index (χ3n) is 1.59. The fourth-order valence-electron chi connectivity index (χ4n) is 0.940. The van der Waals surface area contributed by atoms with Crippen molar-refractivity contribution in [3.05, 3.63) is 35.1 Å². The normalized spacial score (nSPS) is 10.5. The molecule has 0 radical (unpaired) electrons. The number of benzene rings is 1. The van der Waals surface area contributed by atoms with Gasteiger partial charge in [0.15, 0.2) is 0 Å². The molecule has 4 N–H and O–H groups in total. The third-order valence-corrected chi connectivity index (χ3v) is 2.20. The third kappa shape index (κ3) is 3.67. The van der Waals surface area contributed by atoms with Crippen molar-refractivity contribution in [2.75, 3.05) is 0 Å². The Morgan fingerprint density at radius 3 is 2.80 bits per heavy atom. The van der Waals surface area contributed by atoms with Crippen LogP contribution in [-0.2, 0) is 5.33 Å². The van der Waals surface area contributed by atoms with Crippen molar-refractivity contribution in [1.29, 1.82) is 0 Å². The van der Waals surface area contributed by atoms with E-state index in [-0.39, 0.29) is 11.8 Å². The van der Waals surface area contributed by atoms with E-state index in [2.05, 4.69) is 26.1 Å². The van der Waals surface area contributed by atoms with Gasteiger partial charge < -0.3 is 11.5 Å². The molecular formula is C9H10BrFN4. The monoisotopic (exact) mass is 272 g/mol. The van der Waals surface area contributed by atoms with Crippen LogP contribution in [0.2, 0.25) is 0 Å². The molecule has 0 spiro atoms. The van der Waals surface area contributed by atoms with Crippen LogP contribution in [0.15, 0.2) is 28.4 Å². The second-order valence-electron chi connectivity index (χ2n) is 2.75. The zero-order valence-corrected chi connectivity index (χ0v) is 9.41. The first kappa shape index (κ1) is 11.6. The fourth-order valence-corrected chi connectivity index (χ4v) is 1.37. The zero-order chi connectivity index (χ0) is 11.3. The molecule has 0 heterocycles. The maximum absolute atomic E-state index is 13.1. The summed E-state index contributed by atoms with van der Waals surface area (Å²) in [4.78, 5) is 0. The molecule has 1 aromatic carbocycles. The Balaban J connectivity index is 2.87. The predicted octanol–water partition coefficient (Wildman–Crippen LogP) is 1.33. The van der Waals surface area contributed by atoms with Crippen molar-refractivity contribution in [3.63, 3.8) is 0 Å². The lowest BCUT2D eigenvalue weighted by Gasteiger charge is -1.99. The molecule has 0 amide bonds. The van der Waals surface area contributed by atoms with Crippen LogP contribution in [-0.4, -0.2) is 12.2 Å². The predicted molar refractivity (Wildman–Crippen MR) is 62.4 cm³/mol. The lowest BCUT2D eigenvalue weighted by molar-refractivity contribution is 0.617. The lowest BCUT2D eigenvalue weighted by atomic mass is 10.1. The van der Waals surface area contributed by atoms with Gasteiger partial charge in [-0.05, 0) is 23.3 Å². The summed E-state index contributed by atoms with van der Waals surface area (Å²) in [6, 6.07) is 4.62. The Kier molecular flexibility index (Phi) is 4.23. The fraction of sp³-hybridized carbons (Fsp3) is 0.111. The van der Waals surface area contributed by atoms with Crippen molar-refractivity contribution in [2.45, 2.75) is 5.33 Å². The number of hydrogen-bond acceptors (Lipinski definition) is 2. The van der Waals surface area contributed by atoms with E-state index in [0.717, 1.165) is 5.56 Å². The standard InChI is InChI=1S/C9H10BrFN4/c10-4-7-3-6(1-2-8(7)11)5-14-15-9(12)13/h1-3,5H,4H2,(H4,12,13,15). The Morgan fingerprint density at radius 1 is 1.47 bits per heavy atom. The lowest BCUT2D eigenvalue weighted by Crippen LogP contribution is -2.21. The highest BCUT2D eigenvalue weighted by molar-refractivity contribution is 9.08. The van der Waals surface area contributed by atoms with Crippen LogP contribution in [0.4, 0.5) is 4.39 Å². The van der Waals surface area contributed by atoms with Crippen molar-refractivity contribution in [1.82, 2.24) is 0 Å². The van der Waals surface area contributed by atoms with Gasteiger partial charge in [-0.15, -0.1) is 5.10 Å². The Morgan fingerprint density at radius 2 is 2.20 bits per heavy atom. The molecule has 0 atom stereocenters. The molecule has 4 nitrogen and oxygen atoms in total. The Labute approximate surface area is 95.0 Å². The van der Waals surface area contributed by atoms with Crippen molar-refractivity contribution in [3.8, 4) is 0 Å². The maximum atomic E-state index is 13.1. The first-order chi connectivity index (χ1) is 7.13. The topological polar surface area (TPSA) is 76.8 Å².